The van der Waals surface area contributed by atoms with Crippen LogP contribution in [0.15, 0.2) is 0 Å². The molecule has 0 fully saturated rings. The van der Waals surface area contributed by atoms with Crippen molar-refractivity contribution in [2.45, 2.75) is 12.5 Å². The number of nitrogens with zero attached hydrogens (tertiary/aromatic N) is 1. The number of carboxylic acids is 1. The molecule has 1 atom stereocenters. The molecule has 0 unspecified atom stereocenters. The van der Waals surface area contributed by atoms with Gasteiger partial charge < -0.3 is 20.4 Å². The van der Waals surface area contributed by atoms with Crippen molar-refractivity contribution >= 4 is 21.8 Å². The first-order valence-electron chi connectivity index (χ1n) is 5.21. The molecule has 18 heavy (non-hydrogen) atoms. The van der Waals surface area contributed by atoms with E-state index in [0.29, 0.717) is 0 Å². The van der Waals surface area contributed by atoms with Crippen molar-refractivity contribution in [3.63, 3.8) is 0 Å². The molecule has 0 aliphatic carbocycles. The highest BCUT2D eigenvalue weighted by Gasteiger charge is 2.14. The fourth-order valence-corrected chi connectivity index (χ4v) is 1.58. The van der Waals surface area contributed by atoms with Gasteiger partial charge in [0, 0.05) is 32.8 Å². The summed E-state index contributed by atoms with van der Waals surface area (Å²) in [4.78, 5) is 22.9. The van der Waals surface area contributed by atoms with Crippen LogP contribution in [0.25, 0.3) is 0 Å². The van der Waals surface area contributed by atoms with Crippen LogP contribution < -0.4 is 5.32 Å². The second-order valence-electron chi connectivity index (χ2n) is 3.93. The summed E-state index contributed by atoms with van der Waals surface area (Å²) in [5.41, 5.74) is 0. The average Bonchev–Trinajstić information content (AvgIpc) is 2.24. The minimum absolute atomic E-state index is 0.00445. The van der Waals surface area contributed by atoms with E-state index >= 15 is 0 Å². The standard InChI is InChI=1S/C9H18N2O6S/c1-11(5-6-18(2,16)17)9(15)10-4-3-7(12)8(13)14/h7,12H,3-6H2,1-2H3,(H,10,15)(H,13,14)/t7-/m0/s1. The van der Waals surface area contributed by atoms with E-state index in [1.54, 1.807) is 0 Å². The highest BCUT2D eigenvalue weighted by molar-refractivity contribution is 7.90. The maximum atomic E-state index is 11.4. The zero-order valence-corrected chi connectivity index (χ0v) is 11.1. The molecule has 0 aromatic heterocycles. The van der Waals surface area contributed by atoms with E-state index in [4.69, 9.17) is 10.2 Å². The number of carbonyl (C=O) groups is 2. The van der Waals surface area contributed by atoms with Crippen molar-refractivity contribution < 1.29 is 28.2 Å². The maximum absolute atomic E-state index is 11.4. The molecule has 0 heterocycles. The van der Waals surface area contributed by atoms with Crippen LogP contribution in [0.1, 0.15) is 6.42 Å². The van der Waals surface area contributed by atoms with Crippen molar-refractivity contribution in [1.82, 2.24) is 10.2 Å². The monoisotopic (exact) mass is 282 g/mol. The third kappa shape index (κ3) is 7.85. The molecule has 0 saturated carbocycles. The lowest BCUT2D eigenvalue weighted by molar-refractivity contribution is -0.146. The normalized spacial score (nSPS) is 12.8. The summed E-state index contributed by atoms with van der Waals surface area (Å²) in [5, 5.41) is 19.7. The third-order valence-electron chi connectivity index (χ3n) is 2.12. The molecular weight excluding hydrogens is 264 g/mol. The van der Waals surface area contributed by atoms with E-state index < -0.39 is 27.9 Å². The van der Waals surface area contributed by atoms with Crippen molar-refractivity contribution in [3.8, 4) is 0 Å². The maximum Gasteiger partial charge on any atom is 0.332 e. The van der Waals surface area contributed by atoms with Gasteiger partial charge in [0.2, 0.25) is 0 Å². The molecule has 0 bridgehead atoms. The van der Waals surface area contributed by atoms with E-state index in [1.165, 1.54) is 11.9 Å². The Balaban J connectivity index is 3.92. The number of sulfone groups is 1. The SMILES string of the molecule is CN(CCS(C)(=O)=O)C(=O)NCC[C@H](O)C(=O)O. The summed E-state index contributed by atoms with van der Waals surface area (Å²) >= 11 is 0. The number of carbonyl (C=O) groups excluding carboxylic acids is 1. The van der Waals surface area contributed by atoms with Gasteiger partial charge in [-0.3, -0.25) is 0 Å². The van der Waals surface area contributed by atoms with Gasteiger partial charge in [-0.25, -0.2) is 18.0 Å². The van der Waals surface area contributed by atoms with Crippen LogP contribution in [0.5, 0.6) is 0 Å². The summed E-state index contributed by atoms with van der Waals surface area (Å²) in [6.45, 7) is 0.0433. The van der Waals surface area contributed by atoms with Crippen LogP contribution in [0.2, 0.25) is 0 Å². The minimum atomic E-state index is -3.14. The first-order valence-corrected chi connectivity index (χ1v) is 7.27. The number of rotatable bonds is 7. The molecule has 0 aromatic rings. The van der Waals surface area contributed by atoms with E-state index in [2.05, 4.69) is 5.32 Å². The van der Waals surface area contributed by atoms with Gasteiger partial charge in [-0.15, -0.1) is 0 Å². The predicted molar refractivity (Wildman–Crippen MR) is 64.0 cm³/mol. The number of aliphatic hydroxyl groups excluding tert-OH is 1. The number of aliphatic carboxylic acids is 1. The second-order valence-corrected chi connectivity index (χ2v) is 6.19. The molecule has 3 N–H and O–H groups in total. The van der Waals surface area contributed by atoms with Gasteiger partial charge in [0.05, 0.1) is 5.75 Å². The highest BCUT2D eigenvalue weighted by Crippen LogP contribution is 1.92. The molecule has 8 nitrogen and oxygen atoms in total. The lowest BCUT2D eigenvalue weighted by Gasteiger charge is -2.17. The van der Waals surface area contributed by atoms with Crippen molar-refractivity contribution in [3.05, 3.63) is 0 Å². The average molecular weight is 282 g/mol. The van der Waals surface area contributed by atoms with Crippen LogP contribution in [0.4, 0.5) is 4.79 Å². The third-order valence-corrected chi connectivity index (χ3v) is 3.05. The number of hydrogen-bond donors (Lipinski definition) is 3. The molecule has 0 radical (unpaired) electrons. The summed E-state index contributed by atoms with van der Waals surface area (Å²) in [5.74, 6) is -1.50. The van der Waals surface area contributed by atoms with Crippen LogP contribution in [0, 0.1) is 0 Å². The van der Waals surface area contributed by atoms with E-state index in [1.807, 2.05) is 0 Å². The quantitative estimate of drug-likeness (QED) is 0.522. The lowest BCUT2D eigenvalue weighted by Crippen LogP contribution is -2.41. The Labute approximate surface area is 106 Å². The first kappa shape index (κ1) is 16.6. The zero-order chi connectivity index (χ0) is 14.3. The smallest absolute Gasteiger partial charge is 0.332 e. The molecular formula is C9H18N2O6S. The Bertz CT molecular complexity index is 394. The van der Waals surface area contributed by atoms with E-state index in [0.717, 1.165) is 6.26 Å². The van der Waals surface area contributed by atoms with Gasteiger partial charge in [-0.1, -0.05) is 0 Å². The Morgan fingerprint density at radius 2 is 1.94 bits per heavy atom. The highest BCUT2D eigenvalue weighted by atomic mass is 32.2. The number of urea groups is 1. The Hall–Kier alpha value is -1.35. The van der Waals surface area contributed by atoms with Gasteiger partial charge in [-0.2, -0.15) is 0 Å². The summed E-state index contributed by atoms with van der Waals surface area (Å²) < 4.78 is 21.8. The number of amides is 2. The zero-order valence-electron chi connectivity index (χ0n) is 10.3. The fourth-order valence-electron chi connectivity index (χ4n) is 0.979. The summed E-state index contributed by atoms with van der Waals surface area (Å²) in [6, 6.07) is -0.517. The molecule has 0 saturated heterocycles. The van der Waals surface area contributed by atoms with Gasteiger partial charge in [0.1, 0.15) is 9.84 Å². The Morgan fingerprint density at radius 1 is 1.39 bits per heavy atom. The Morgan fingerprint density at radius 3 is 2.39 bits per heavy atom. The van der Waals surface area contributed by atoms with E-state index in [9.17, 15) is 18.0 Å². The molecule has 0 aliphatic rings. The van der Waals surface area contributed by atoms with Crippen molar-refractivity contribution in [1.29, 1.82) is 0 Å². The minimum Gasteiger partial charge on any atom is -0.479 e. The van der Waals surface area contributed by atoms with Crippen LogP contribution in [0.3, 0.4) is 0 Å². The van der Waals surface area contributed by atoms with Crippen molar-refractivity contribution in [2.75, 3.05) is 32.1 Å². The van der Waals surface area contributed by atoms with Crippen LogP contribution in [-0.4, -0.2) is 73.8 Å². The van der Waals surface area contributed by atoms with Gasteiger partial charge in [0.25, 0.3) is 0 Å². The molecule has 0 spiro atoms. The summed E-state index contributed by atoms with van der Waals surface area (Å²) in [7, 11) is -1.71. The number of carboxylic acid groups (broad SMARTS) is 1. The summed E-state index contributed by atoms with van der Waals surface area (Å²) in [6.07, 6.45) is -0.560. The molecule has 9 heteroatoms. The van der Waals surface area contributed by atoms with Gasteiger partial charge in [0.15, 0.2) is 6.10 Å². The Kier molecular flexibility index (Phi) is 6.63. The lowest BCUT2D eigenvalue weighted by atomic mass is 10.2. The first-order chi connectivity index (χ1) is 8.13. The van der Waals surface area contributed by atoms with Gasteiger partial charge in [-0.05, 0) is 0 Å². The largest absolute Gasteiger partial charge is 0.479 e. The molecule has 0 aliphatic heterocycles. The molecule has 2 amide bonds. The number of aliphatic hydroxyl groups is 1. The molecule has 106 valence electrons. The van der Waals surface area contributed by atoms with E-state index in [-0.39, 0.29) is 25.3 Å². The van der Waals surface area contributed by atoms with Crippen LogP contribution >= 0.6 is 0 Å². The fraction of sp³-hybridized carbons (Fsp3) is 0.778. The van der Waals surface area contributed by atoms with Crippen LogP contribution in [-0.2, 0) is 14.6 Å². The van der Waals surface area contributed by atoms with Gasteiger partial charge >= 0.3 is 12.0 Å². The van der Waals surface area contributed by atoms with Crippen molar-refractivity contribution in [2.24, 2.45) is 0 Å². The number of hydrogen-bond acceptors (Lipinski definition) is 5. The predicted octanol–water partition coefficient (Wildman–Crippen LogP) is -1.49. The second kappa shape index (κ2) is 7.17. The number of nitrogens with one attached hydrogen (secondary N) is 1. The molecule has 0 rings (SSSR count). The molecule has 0 aromatic carbocycles. The topological polar surface area (TPSA) is 124 Å².